The Bertz CT molecular complexity index is 1240. The number of ether oxygens (including phenoxy) is 1. The SMILES string of the molecule is Cc1cc2c(n1-c1ccc(Cl)cc1)CC(C)(C)C/C2=N\OC(=O)C12CCC(C)(C(=O)O1)C2(C)C. The molecule has 0 N–H and O–H groups in total. The van der Waals surface area contributed by atoms with Crippen LogP contribution in [-0.2, 0) is 25.6 Å². The molecule has 0 spiro atoms. The summed E-state index contributed by atoms with van der Waals surface area (Å²) >= 11 is 6.11. The minimum atomic E-state index is -1.29. The van der Waals surface area contributed by atoms with E-state index < -0.39 is 22.4 Å². The Morgan fingerprint density at radius 3 is 2.35 bits per heavy atom. The van der Waals surface area contributed by atoms with E-state index in [0.717, 1.165) is 34.8 Å². The van der Waals surface area contributed by atoms with Crippen molar-refractivity contribution in [3.63, 3.8) is 0 Å². The van der Waals surface area contributed by atoms with E-state index in [1.165, 1.54) is 0 Å². The molecule has 1 aromatic heterocycles. The lowest BCUT2D eigenvalue weighted by molar-refractivity contribution is -0.183. The zero-order valence-electron chi connectivity index (χ0n) is 20.6. The quantitative estimate of drug-likeness (QED) is 0.316. The second-order valence-corrected chi connectivity index (χ2v) is 12.0. The van der Waals surface area contributed by atoms with E-state index >= 15 is 0 Å². The van der Waals surface area contributed by atoms with Gasteiger partial charge in [0.15, 0.2) is 0 Å². The lowest BCUT2D eigenvalue weighted by atomic mass is 9.66. The van der Waals surface area contributed by atoms with Crippen LogP contribution in [0.2, 0.25) is 5.02 Å². The highest BCUT2D eigenvalue weighted by molar-refractivity contribution is 6.30. The molecule has 2 atom stereocenters. The fraction of sp³-hybridized carbons (Fsp3) is 0.519. The molecule has 1 saturated carbocycles. The molecule has 5 rings (SSSR count). The number of carbonyl (C=O) groups excluding carboxylic acids is 2. The lowest BCUT2D eigenvalue weighted by Crippen LogP contribution is -2.48. The van der Waals surface area contributed by atoms with Crippen LogP contribution in [0.3, 0.4) is 0 Å². The first-order valence-corrected chi connectivity index (χ1v) is 12.2. The molecule has 7 heteroatoms. The van der Waals surface area contributed by atoms with Crippen molar-refractivity contribution in [2.24, 2.45) is 21.4 Å². The summed E-state index contributed by atoms with van der Waals surface area (Å²) in [5.41, 5.74) is 2.22. The maximum Gasteiger partial charge on any atom is 0.378 e. The predicted octanol–water partition coefficient (Wildman–Crippen LogP) is 5.78. The summed E-state index contributed by atoms with van der Waals surface area (Å²) in [6.07, 6.45) is 2.59. The van der Waals surface area contributed by atoms with Gasteiger partial charge in [-0.25, -0.2) is 4.79 Å². The summed E-state index contributed by atoms with van der Waals surface area (Å²) in [5.74, 6) is -0.913. The average Bonchev–Trinajstić information content (AvgIpc) is 3.24. The highest BCUT2D eigenvalue weighted by Gasteiger charge is 2.76. The number of carbonyl (C=O) groups is 2. The minimum absolute atomic E-state index is 0.0729. The number of fused-ring (bicyclic) bond motifs is 3. The van der Waals surface area contributed by atoms with Gasteiger partial charge in [0.05, 0.1) is 11.1 Å². The van der Waals surface area contributed by atoms with Crippen molar-refractivity contribution < 1.29 is 19.2 Å². The van der Waals surface area contributed by atoms with Gasteiger partial charge in [0.2, 0.25) is 5.60 Å². The molecule has 2 aliphatic carbocycles. The Kier molecular flexibility index (Phi) is 4.91. The second-order valence-electron chi connectivity index (χ2n) is 11.6. The molecule has 0 radical (unpaired) electrons. The van der Waals surface area contributed by atoms with Gasteiger partial charge in [-0.2, -0.15) is 0 Å². The maximum absolute atomic E-state index is 13.3. The zero-order chi connectivity index (χ0) is 24.7. The van der Waals surface area contributed by atoms with Gasteiger partial charge >= 0.3 is 11.9 Å². The molecule has 0 amide bonds. The third kappa shape index (κ3) is 3.03. The third-order valence-electron chi connectivity index (χ3n) is 8.63. The number of hydrogen-bond donors (Lipinski definition) is 0. The number of halogens is 1. The Morgan fingerprint density at radius 2 is 1.76 bits per heavy atom. The van der Waals surface area contributed by atoms with Crippen molar-refractivity contribution in [1.29, 1.82) is 0 Å². The lowest BCUT2D eigenvalue weighted by Gasteiger charge is -2.34. The number of esters is 1. The fourth-order valence-corrected chi connectivity index (χ4v) is 6.21. The standard InChI is InChI=1S/C27H31ClN2O4/c1-16-13-19-20(14-24(2,3)15-21(19)30(16)18-9-7-17(28)8-10-18)29-34-23(32)27-12-11-26(6,22(31)33-27)25(27,4)5/h7-10,13H,11-12,14-15H2,1-6H3/b29-20+. The number of hydrogen-bond acceptors (Lipinski definition) is 5. The molecule has 2 heterocycles. The summed E-state index contributed by atoms with van der Waals surface area (Å²) in [4.78, 5) is 31.5. The Balaban J connectivity index is 1.51. The minimum Gasteiger partial charge on any atom is -0.446 e. The van der Waals surface area contributed by atoms with Crippen molar-refractivity contribution in [1.82, 2.24) is 4.57 Å². The number of rotatable bonds is 3. The molecule has 2 aromatic rings. The van der Waals surface area contributed by atoms with Crippen LogP contribution in [0.15, 0.2) is 35.5 Å². The van der Waals surface area contributed by atoms with E-state index in [9.17, 15) is 9.59 Å². The van der Waals surface area contributed by atoms with Gasteiger partial charge in [-0.3, -0.25) is 4.79 Å². The molecule has 6 nitrogen and oxygen atoms in total. The van der Waals surface area contributed by atoms with Gasteiger partial charge in [0, 0.05) is 33.1 Å². The summed E-state index contributed by atoms with van der Waals surface area (Å²) in [6, 6.07) is 9.86. The van der Waals surface area contributed by atoms with Crippen LogP contribution >= 0.6 is 11.6 Å². The first kappa shape index (κ1) is 23.2. The van der Waals surface area contributed by atoms with Gasteiger partial charge in [-0.15, -0.1) is 0 Å². The highest BCUT2D eigenvalue weighted by Crippen LogP contribution is 2.65. The smallest absolute Gasteiger partial charge is 0.378 e. The molecule has 1 saturated heterocycles. The van der Waals surface area contributed by atoms with Gasteiger partial charge in [0.25, 0.3) is 0 Å². The molecule has 2 fully saturated rings. The summed E-state index contributed by atoms with van der Waals surface area (Å²) in [7, 11) is 0. The largest absolute Gasteiger partial charge is 0.446 e. The molecule has 34 heavy (non-hydrogen) atoms. The monoisotopic (exact) mass is 482 g/mol. The van der Waals surface area contributed by atoms with E-state index in [-0.39, 0.29) is 11.4 Å². The Hall–Kier alpha value is -2.60. The molecule has 180 valence electrons. The molecule has 1 aliphatic heterocycles. The summed E-state index contributed by atoms with van der Waals surface area (Å²) in [5, 5.41) is 5.08. The number of nitrogens with zero attached hydrogens (tertiary/aromatic N) is 2. The first-order valence-electron chi connectivity index (χ1n) is 11.8. The zero-order valence-corrected chi connectivity index (χ0v) is 21.4. The molecule has 2 unspecified atom stereocenters. The van der Waals surface area contributed by atoms with Crippen molar-refractivity contribution >= 4 is 29.3 Å². The van der Waals surface area contributed by atoms with Crippen LogP contribution in [-0.4, -0.2) is 27.8 Å². The Morgan fingerprint density at radius 1 is 1.09 bits per heavy atom. The fourth-order valence-electron chi connectivity index (χ4n) is 6.08. The number of aryl methyl sites for hydroxylation is 1. The van der Waals surface area contributed by atoms with Crippen LogP contribution in [0, 0.1) is 23.2 Å². The first-order chi connectivity index (χ1) is 15.8. The van der Waals surface area contributed by atoms with Crippen LogP contribution < -0.4 is 0 Å². The second kappa shape index (κ2) is 7.20. The van der Waals surface area contributed by atoms with E-state index in [0.29, 0.717) is 24.3 Å². The maximum atomic E-state index is 13.3. The average molecular weight is 483 g/mol. The van der Waals surface area contributed by atoms with Crippen LogP contribution in [0.4, 0.5) is 0 Å². The van der Waals surface area contributed by atoms with Crippen LogP contribution in [0.1, 0.15) is 70.8 Å². The molecule has 3 aliphatic rings. The number of aromatic nitrogens is 1. The summed E-state index contributed by atoms with van der Waals surface area (Å²) < 4.78 is 7.89. The number of benzene rings is 1. The normalized spacial score (nSPS) is 29.7. The third-order valence-corrected chi connectivity index (χ3v) is 8.88. The molecule has 2 bridgehead atoms. The van der Waals surface area contributed by atoms with Crippen LogP contribution in [0.25, 0.3) is 5.69 Å². The predicted molar refractivity (Wildman–Crippen MR) is 130 cm³/mol. The van der Waals surface area contributed by atoms with Crippen molar-refractivity contribution in [2.75, 3.05) is 0 Å². The van der Waals surface area contributed by atoms with Crippen molar-refractivity contribution in [3.8, 4) is 5.69 Å². The van der Waals surface area contributed by atoms with E-state index in [2.05, 4.69) is 36.6 Å². The molecular formula is C27H31ClN2O4. The van der Waals surface area contributed by atoms with Crippen LogP contribution in [0.5, 0.6) is 0 Å². The van der Waals surface area contributed by atoms with Crippen molar-refractivity contribution in [2.45, 2.75) is 72.8 Å². The van der Waals surface area contributed by atoms with E-state index in [4.69, 9.17) is 21.2 Å². The number of oxime groups is 1. The highest BCUT2D eigenvalue weighted by atomic mass is 35.5. The van der Waals surface area contributed by atoms with Gasteiger partial charge < -0.3 is 14.1 Å². The van der Waals surface area contributed by atoms with Gasteiger partial charge in [0.1, 0.15) is 0 Å². The van der Waals surface area contributed by atoms with Gasteiger partial charge in [-0.05, 0) is 75.3 Å². The summed E-state index contributed by atoms with van der Waals surface area (Å²) in [6.45, 7) is 12.1. The van der Waals surface area contributed by atoms with Crippen molar-refractivity contribution in [3.05, 3.63) is 52.3 Å². The van der Waals surface area contributed by atoms with E-state index in [1.807, 2.05) is 45.0 Å². The van der Waals surface area contributed by atoms with E-state index in [1.54, 1.807) is 0 Å². The topological polar surface area (TPSA) is 69.9 Å². The molecule has 1 aromatic carbocycles. The Labute approximate surface area is 205 Å². The van der Waals surface area contributed by atoms with Gasteiger partial charge in [-0.1, -0.05) is 44.5 Å². The molecular weight excluding hydrogens is 452 g/mol.